The van der Waals surface area contributed by atoms with Gasteiger partial charge in [-0.25, -0.2) is 19.3 Å². The monoisotopic (exact) mass is 427 g/mol. The second-order valence-electron chi connectivity index (χ2n) is 8.27. The minimum atomic E-state index is -0.265. The molecule has 1 saturated carbocycles. The van der Waals surface area contributed by atoms with Crippen LogP contribution in [0.2, 0.25) is 0 Å². The van der Waals surface area contributed by atoms with Crippen molar-refractivity contribution in [2.45, 2.75) is 37.8 Å². The van der Waals surface area contributed by atoms with Crippen LogP contribution >= 0.6 is 0 Å². The molecule has 1 unspecified atom stereocenters. The van der Waals surface area contributed by atoms with Crippen molar-refractivity contribution in [2.24, 2.45) is 0 Å². The summed E-state index contributed by atoms with van der Waals surface area (Å²) in [5.41, 5.74) is 3.42. The smallest absolute Gasteiger partial charge is 0.223 e. The first-order valence-electron chi connectivity index (χ1n) is 10.9. The molecule has 0 amide bonds. The number of aryl methyl sites for hydroxylation is 1. The molecule has 4 heterocycles. The van der Waals surface area contributed by atoms with Crippen LogP contribution in [0.3, 0.4) is 0 Å². The molecule has 1 aliphatic heterocycles. The van der Waals surface area contributed by atoms with Gasteiger partial charge < -0.3 is 14.3 Å². The molecule has 1 aliphatic carbocycles. The summed E-state index contributed by atoms with van der Waals surface area (Å²) in [4.78, 5) is 14.2. The van der Waals surface area contributed by atoms with Crippen LogP contribution in [0.5, 0.6) is 0 Å². The standard InChI is InChI=1S/C25H22FN5O/c26-17-5-3-16(4-6-17)23-24(21-13-14-27-25(29-21)28-18-7-8-18)31-19(10-12-22(31)30-23)9-11-20-2-1-15-32-20/h1-6,9,11,13-15,18-19H,7-8,10,12H2,(H,27,28,29)/b11-9+. The van der Waals surface area contributed by atoms with E-state index >= 15 is 0 Å². The van der Waals surface area contributed by atoms with Crippen molar-refractivity contribution in [3.63, 3.8) is 0 Å². The van der Waals surface area contributed by atoms with Gasteiger partial charge in [0.2, 0.25) is 5.95 Å². The predicted octanol–water partition coefficient (Wildman–Crippen LogP) is 5.51. The zero-order valence-corrected chi connectivity index (χ0v) is 17.4. The van der Waals surface area contributed by atoms with Gasteiger partial charge in [-0.2, -0.15) is 0 Å². The first kappa shape index (κ1) is 19.0. The molecule has 0 radical (unpaired) electrons. The number of benzene rings is 1. The molecular weight excluding hydrogens is 405 g/mol. The maximum absolute atomic E-state index is 13.6. The third kappa shape index (κ3) is 3.60. The molecule has 4 aromatic rings. The summed E-state index contributed by atoms with van der Waals surface area (Å²) in [5.74, 6) is 2.19. The van der Waals surface area contributed by atoms with Crippen molar-refractivity contribution in [2.75, 3.05) is 5.32 Å². The largest absolute Gasteiger partial charge is 0.465 e. The number of rotatable bonds is 6. The summed E-state index contributed by atoms with van der Waals surface area (Å²) in [6, 6.07) is 12.8. The van der Waals surface area contributed by atoms with Crippen LogP contribution in [0.15, 0.2) is 65.4 Å². The van der Waals surface area contributed by atoms with Gasteiger partial charge in [-0.3, -0.25) is 0 Å². The molecule has 32 heavy (non-hydrogen) atoms. The number of hydrogen-bond acceptors (Lipinski definition) is 5. The lowest BCUT2D eigenvalue weighted by Crippen LogP contribution is -2.08. The molecule has 3 aromatic heterocycles. The van der Waals surface area contributed by atoms with Crippen molar-refractivity contribution < 1.29 is 8.81 Å². The maximum Gasteiger partial charge on any atom is 0.223 e. The van der Waals surface area contributed by atoms with Gasteiger partial charge in [-0.1, -0.05) is 6.08 Å². The zero-order chi connectivity index (χ0) is 21.5. The average Bonchev–Trinajstić information content (AvgIpc) is 3.18. The van der Waals surface area contributed by atoms with E-state index in [1.165, 1.54) is 12.1 Å². The fraction of sp³-hybridized carbons (Fsp3) is 0.240. The van der Waals surface area contributed by atoms with Gasteiger partial charge in [0.15, 0.2) is 0 Å². The molecule has 1 N–H and O–H groups in total. The van der Waals surface area contributed by atoms with E-state index < -0.39 is 0 Å². The summed E-state index contributed by atoms with van der Waals surface area (Å²) in [6.07, 6.45) is 11.7. The van der Waals surface area contributed by atoms with Crippen LogP contribution in [0, 0.1) is 5.82 Å². The van der Waals surface area contributed by atoms with Gasteiger partial charge in [0, 0.05) is 24.2 Å². The Balaban J connectivity index is 1.47. The Morgan fingerprint density at radius 2 is 1.94 bits per heavy atom. The van der Waals surface area contributed by atoms with E-state index in [0.717, 1.165) is 59.9 Å². The van der Waals surface area contributed by atoms with Gasteiger partial charge in [0.1, 0.15) is 17.4 Å². The SMILES string of the molecule is Fc1ccc(-c2nc3n(c2-c2ccnc(NC4CC4)n2)C(/C=C/c2ccco2)CC3)cc1. The minimum absolute atomic E-state index is 0.126. The van der Waals surface area contributed by atoms with Crippen LogP contribution < -0.4 is 5.32 Å². The number of imidazole rings is 1. The number of aromatic nitrogens is 4. The van der Waals surface area contributed by atoms with Crippen molar-refractivity contribution in [1.82, 2.24) is 19.5 Å². The maximum atomic E-state index is 13.6. The van der Waals surface area contributed by atoms with Crippen molar-refractivity contribution >= 4 is 12.0 Å². The van der Waals surface area contributed by atoms with Gasteiger partial charge in [0.25, 0.3) is 0 Å². The zero-order valence-electron chi connectivity index (χ0n) is 17.4. The summed E-state index contributed by atoms with van der Waals surface area (Å²) >= 11 is 0. The predicted molar refractivity (Wildman–Crippen MR) is 120 cm³/mol. The van der Waals surface area contributed by atoms with E-state index in [1.54, 1.807) is 24.6 Å². The third-order valence-corrected chi connectivity index (χ3v) is 5.93. The lowest BCUT2D eigenvalue weighted by Gasteiger charge is -2.15. The Hall–Kier alpha value is -3.74. The highest BCUT2D eigenvalue weighted by Gasteiger charge is 2.30. The summed E-state index contributed by atoms with van der Waals surface area (Å²) < 4.78 is 21.3. The van der Waals surface area contributed by atoms with Crippen LogP contribution in [0.1, 0.15) is 36.9 Å². The molecule has 0 saturated heterocycles. The fourth-order valence-electron chi connectivity index (χ4n) is 4.22. The van der Waals surface area contributed by atoms with E-state index in [0.29, 0.717) is 12.0 Å². The van der Waals surface area contributed by atoms with Crippen LogP contribution in [-0.4, -0.2) is 25.6 Å². The molecule has 2 aliphatic rings. The topological polar surface area (TPSA) is 68.8 Å². The Bertz CT molecular complexity index is 1270. The molecule has 1 aromatic carbocycles. The molecule has 7 heteroatoms. The number of furan rings is 1. The molecular formula is C25H22FN5O. The molecule has 1 fully saturated rings. The Morgan fingerprint density at radius 1 is 1.06 bits per heavy atom. The second-order valence-corrected chi connectivity index (χ2v) is 8.27. The molecule has 6 rings (SSSR count). The third-order valence-electron chi connectivity index (χ3n) is 5.93. The number of fused-ring (bicyclic) bond motifs is 1. The van der Waals surface area contributed by atoms with Gasteiger partial charge in [-0.05, 0) is 67.8 Å². The van der Waals surface area contributed by atoms with Crippen LogP contribution in [0.25, 0.3) is 28.7 Å². The number of nitrogens with one attached hydrogen (secondary N) is 1. The van der Waals surface area contributed by atoms with E-state index in [1.807, 2.05) is 24.3 Å². The second kappa shape index (κ2) is 7.75. The van der Waals surface area contributed by atoms with Gasteiger partial charge in [-0.15, -0.1) is 0 Å². The van der Waals surface area contributed by atoms with E-state index in [2.05, 4.69) is 20.9 Å². The number of hydrogen-bond donors (Lipinski definition) is 1. The quantitative estimate of drug-likeness (QED) is 0.439. The summed E-state index contributed by atoms with van der Waals surface area (Å²) in [6.45, 7) is 0. The average molecular weight is 427 g/mol. The van der Waals surface area contributed by atoms with E-state index in [9.17, 15) is 4.39 Å². The molecule has 0 spiro atoms. The Morgan fingerprint density at radius 3 is 2.72 bits per heavy atom. The van der Waals surface area contributed by atoms with Crippen LogP contribution in [-0.2, 0) is 6.42 Å². The highest BCUT2D eigenvalue weighted by atomic mass is 19.1. The normalized spacial score (nSPS) is 17.7. The summed E-state index contributed by atoms with van der Waals surface area (Å²) in [5, 5.41) is 3.38. The number of nitrogens with zero attached hydrogens (tertiary/aromatic N) is 4. The highest BCUT2D eigenvalue weighted by Crippen LogP contribution is 2.40. The highest BCUT2D eigenvalue weighted by molar-refractivity contribution is 5.78. The molecule has 160 valence electrons. The fourth-order valence-corrected chi connectivity index (χ4v) is 4.22. The Kier molecular flexibility index (Phi) is 4.60. The number of allylic oxidation sites excluding steroid dienone is 1. The lowest BCUT2D eigenvalue weighted by atomic mass is 10.1. The number of halogens is 1. The first-order chi connectivity index (χ1) is 15.7. The Labute approximate surface area is 184 Å². The summed E-state index contributed by atoms with van der Waals surface area (Å²) in [7, 11) is 0. The molecule has 1 atom stereocenters. The van der Waals surface area contributed by atoms with Gasteiger partial charge in [0.05, 0.1) is 29.4 Å². The molecule has 6 nitrogen and oxygen atoms in total. The van der Waals surface area contributed by atoms with E-state index in [-0.39, 0.29) is 11.9 Å². The van der Waals surface area contributed by atoms with E-state index in [4.69, 9.17) is 14.4 Å². The van der Waals surface area contributed by atoms with Crippen LogP contribution in [0.4, 0.5) is 10.3 Å². The minimum Gasteiger partial charge on any atom is -0.465 e. The van der Waals surface area contributed by atoms with Crippen molar-refractivity contribution in [1.29, 1.82) is 0 Å². The van der Waals surface area contributed by atoms with Crippen molar-refractivity contribution in [3.05, 3.63) is 78.4 Å². The number of anilines is 1. The first-order valence-corrected chi connectivity index (χ1v) is 10.9. The van der Waals surface area contributed by atoms with Gasteiger partial charge >= 0.3 is 0 Å². The lowest BCUT2D eigenvalue weighted by molar-refractivity contribution is 0.555. The molecule has 0 bridgehead atoms. The van der Waals surface area contributed by atoms with Crippen molar-refractivity contribution in [3.8, 4) is 22.6 Å².